The highest BCUT2D eigenvalue weighted by molar-refractivity contribution is 7.91. The number of ether oxygens (including phenoxy) is 1. The standard InChI is InChI=1S/C17H14O6S/c18-12-9-16(24(21,22)13-4-2-1-3-5-13)14-8-11(17(19)20)6-7-15(14)23-10-12/h1-8,16H,9-10H2,(H,19,20). The fourth-order valence-corrected chi connectivity index (χ4v) is 4.44. The third kappa shape index (κ3) is 2.90. The molecule has 0 aliphatic carbocycles. The van der Waals surface area contributed by atoms with Gasteiger partial charge in [0.1, 0.15) is 17.6 Å². The molecule has 1 atom stereocenters. The molecular weight excluding hydrogens is 332 g/mol. The first-order valence-electron chi connectivity index (χ1n) is 7.20. The zero-order chi connectivity index (χ0) is 17.3. The summed E-state index contributed by atoms with van der Waals surface area (Å²) in [5.74, 6) is -1.31. The Morgan fingerprint density at radius 3 is 2.50 bits per heavy atom. The number of carbonyl (C=O) groups is 2. The fraction of sp³-hybridized carbons (Fsp3) is 0.176. The van der Waals surface area contributed by atoms with Gasteiger partial charge in [-0.05, 0) is 30.3 Å². The molecule has 3 rings (SSSR count). The van der Waals surface area contributed by atoms with E-state index in [1.54, 1.807) is 18.2 Å². The number of sulfone groups is 1. The van der Waals surface area contributed by atoms with Crippen LogP contribution in [0, 0.1) is 0 Å². The zero-order valence-electron chi connectivity index (χ0n) is 12.5. The highest BCUT2D eigenvalue weighted by atomic mass is 32.2. The number of aromatic carboxylic acids is 1. The van der Waals surface area contributed by atoms with Crippen molar-refractivity contribution in [3.63, 3.8) is 0 Å². The number of Topliss-reactive ketones (excluding diaryl/α,β-unsaturated/α-hetero) is 1. The van der Waals surface area contributed by atoms with Gasteiger partial charge in [0.25, 0.3) is 0 Å². The fourth-order valence-electron chi connectivity index (χ4n) is 2.65. The van der Waals surface area contributed by atoms with Gasteiger partial charge in [0.05, 0.1) is 10.5 Å². The maximum Gasteiger partial charge on any atom is 0.335 e. The number of ketones is 1. The molecule has 0 spiro atoms. The van der Waals surface area contributed by atoms with Crippen molar-refractivity contribution >= 4 is 21.6 Å². The lowest BCUT2D eigenvalue weighted by Gasteiger charge is -2.17. The third-order valence-electron chi connectivity index (χ3n) is 3.85. The number of benzene rings is 2. The van der Waals surface area contributed by atoms with E-state index in [0.29, 0.717) is 0 Å². The maximum absolute atomic E-state index is 13.0. The molecular formula is C17H14O6S. The zero-order valence-corrected chi connectivity index (χ0v) is 13.3. The van der Waals surface area contributed by atoms with E-state index in [-0.39, 0.29) is 40.6 Å². The van der Waals surface area contributed by atoms with Crippen LogP contribution < -0.4 is 4.74 Å². The van der Waals surface area contributed by atoms with Gasteiger partial charge in [-0.15, -0.1) is 0 Å². The van der Waals surface area contributed by atoms with Gasteiger partial charge in [-0.3, -0.25) is 4.79 Å². The van der Waals surface area contributed by atoms with Gasteiger partial charge >= 0.3 is 5.97 Å². The molecule has 0 saturated heterocycles. The van der Waals surface area contributed by atoms with E-state index in [0.717, 1.165) is 0 Å². The van der Waals surface area contributed by atoms with E-state index >= 15 is 0 Å². The van der Waals surface area contributed by atoms with E-state index in [1.165, 1.54) is 30.3 Å². The van der Waals surface area contributed by atoms with Gasteiger partial charge < -0.3 is 9.84 Å². The summed E-state index contributed by atoms with van der Waals surface area (Å²) in [5.41, 5.74) is 0.143. The van der Waals surface area contributed by atoms with E-state index < -0.39 is 21.1 Å². The molecule has 1 unspecified atom stereocenters. The van der Waals surface area contributed by atoms with Crippen molar-refractivity contribution in [3.8, 4) is 5.75 Å². The number of hydrogen-bond donors (Lipinski definition) is 1. The molecule has 1 heterocycles. The van der Waals surface area contributed by atoms with Crippen molar-refractivity contribution in [1.82, 2.24) is 0 Å². The number of fused-ring (bicyclic) bond motifs is 1. The van der Waals surface area contributed by atoms with Crippen LogP contribution in [0.5, 0.6) is 5.75 Å². The topological polar surface area (TPSA) is 97.7 Å². The number of carboxylic acid groups (broad SMARTS) is 1. The summed E-state index contributed by atoms with van der Waals surface area (Å²) in [7, 11) is -3.87. The number of carboxylic acids is 1. The van der Waals surface area contributed by atoms with Crippen LogP contribution in [0.3, 0.4) is 0 Å². The Balaban J connectivity index is 2.18. The minimum Gasteiger partial charge on any atom is -0.486 e. The van der Waals surface area contributed by atoms with Crippen molar-refractivity contribution < 1.29 is 27.9 Å². The average molecular weight is 346 g/mol. The van der Waals surface area contributed by atoms with Gasteiger partial charge in [0, 0.05) is 12.0 Å². The van der Waals surface area contributed by atoms with Crippen molar-refractivity contribution in [2.24, 2.45) is 0 Å². The van der Waals surface area contributed by atoms with Crippen LogP contribution in [0.2, 0.25) is 0 Å². The SMILES string of the molecule is O=C1COc2ccc(C(=O)O)cc2C(S(=O)(=O)c2ccccc2)C1. The Morgan fingerprint density at radius 1 is 1.12 bits per heavy atom. The molecule has 0 radical (unpaired) electrons. The second-order valence-electron chi connectivity index (χ2n) is 5.44. The van der Waals surface area contributed by atoms with Gasteiger partial charge in [-0.1, -0.05) is 18.2 Å². The van der Waals surface area contributed by atoms with E-state index in [2.05, 4.69) is 0 Å². The smallest absolute Gasteiger partial charge is 0.335 e. The Bertz CT molecular complexity index is 902. The third-order valence-corrected chi connectivity index (χ3v) is 5.95. The van der Waals surface area contributed by atoms with Crippen molar-refractivity contribution in [3.05, 3.63) is 59.7 Å². The molecule has 2 aromatic rings. The molecule has 7 heteroatoms. The predicted octanol–water partition coefficient (Wildman–Crippen LogP) is 2.25. The van der Waals surface area contributed by atoms with Crippen LogP contribution in [-0.4, -0.2) is 31.9 Å². The first kappa shape index (κ1) is 16.2. The van der Waals surface area contributed by atoms with Gasteiger partial charge in [0.2, 0.25) is 0 Å². The van der Waals surface area contributed by atoms with E-state index in [1.807, 2.05) is 0 Å². The first-order chi connectivity index (χ1) is 11.4. The highest BCUT2D eigenvalue weighted by Crippen LogP contribution is 2.39. The summed E-state index contributed by atoms with van der Waals surface area (Å²) in [6.07, 6.45) is -0.257. The van der Waals surface area contributed by atoms with E-state index in [9.17, 15) is 18.0 Å². The Morgan fingerprint density at radius 2 is 1.83 bits per heavy atom. The van der Waals surface area contributed by atoms with Crippen LogP contribution in [0.15, 0.2) is 53.4 Å². The molecule has 0 amide bonds. The molecule has 1 aliphatic heterocycles. The molecule has 2 aromatic carbocycles. The monoisotopic (exact) mass is 346 g/mol. The van der Waals surface area contributed by atoms with Gasteiger partial charge in [0.15, 0.2) is 15.6 Å². The molecule has 0 saturated carbocycles. The molecule has 0 aromatic heterocycles. The van der Waals surface area contributed by atoms with Gasteiger partial charge in [-0.25, -0.2) is 13.2 Å². The first-order valence-corrected chi connectivity index (χ1v) is 8.75. The largest absolute Gasteiger partial charge is 0.486 e. The summed E-state index contributed by atoms with van der Waals surface area (Å²) in [6.45, 7) is -0.236. The predicted molar refractivity (Wildman–Crippen MR) is 84.9 cm³/mol. The van der Waals surface area contributed by atoms with Crippen LogP contribution in [-0.2, 0) is 14.6 Å². The Kier molecular flexibility index (Phi) is 4.11. The lowest BCUT2D eigenvalue weighted by atomic mass is 10.0. The summed E-state index contributed by atoms with van der Waals surface area (Å²) >= 11 is 0. The summed E-state index contributed by atoms with van der Waals surface area (Å²) < 4.78 is 31.3. The maximum atomic E-state index is 13.0. The Hall–Kier alpha value is -2.67. The second-order valence-corrected chi connectivity index (χ2v) is 7.57. The average Bonchev–Trinajstić information content (AvgIpc) is 2.75. The summed E-state index contributed by atoms with van der Waals surface area (Å²) in [6, 6.07) is 11.8. The second kappa shape index (κ2) is 6.09. The molecule has 0 bridgehead atoms. The molecule has 1 N–H and O–H groups in total. The Labute approximate surface area is 138 Å². The number of carbonyl (C=O) groups excluding carboxylic acids is 1. The number of rotatable bonds is 3. The normalized spacial score (nSPS) is 17.5. The van der Waals surface area contributed by atoms with E-state index in [4.69, 9.17) is 9.84 Å². The molecule has 124 valence electrons. The van der Waals surface area contributed by atoms with Crippen LogP contribution in [0.25, 0.3) is 0 Å². The lowest BCUT2D eigenvalue weighted by molar-refractivity contribution is -0.120. The van der Waals surface area contributed by atoms with Crippen molar-refractivity contribution in [2.75, 3.05) is 6.61 Å². The minimum atomic E-state index is -3.87. The quantitative estimate of drug-likeness (QED) is 0.915. The van der Waals surface area contributed by atoms with Crippen molar-refractivity contribution in [1.29, 1.82) is 0 Å². The molecule has 0 fully saturated rings. The lowest BCUT2D eigenvalue weighted by Crippen LogP contribution is -2.17. The van der Waals surface area contributed by atoms with Crippen molar-refractivity contribution in [2.45, 2.75) is 16.6 Å². The van der Waals surface area contributed by atoms with Gasteiger partial charge in [-0.2, -0.15) is 0 Å². The van der Waals surface area contributed by atoms with Crippen LogP contribution >= 0.6 is 0 Å². The molecule has 1 aliphatic rings. The highest BCUT2D eigenvalue weighted by Gasteiger charge is 2.35. The summed E-state index contributed by atoms with van der Waals surface area (Å²) in [5, 5.41) is 7.98. The van der Waals surface area contributed by atoms with Crippen LogP contribution in [0.1, 0.15) is 27.6 Å². The van der Waals surface area contributed by atoms with Crippen LogP contribution in [0.4, 0.5) is 0 Å². The minimum absolute atomic E-state index is 0.0556. The molecule has 24 heavy (non-hydrogen) atoms. The number of hydrogen-bond acceptors (Lipinski definition) is 5. The summed E-state index contributed by atoms with van der Waals surface area (Å²) in [4.78, 5) is 23.2. The molecule has 6 nitrogen and oxygen atoms in total.